The Kier molecular flexibility index (Phi) is 4.65. The van der Waals surface area contributed by atoms with Gasteiger partial charge in [0.05, 0.1) is 11.0 Å². The smallest absolute Gasteiger partial charge is 0.272 e. The Hall–Kier alpha value is -1.98. The monoisotopic (exact) mass is 294 g/mol. The molecule has 104 valence electrons. The molecule has 2 aromatic rings. The molecule has 0 aromatic heterocycles. The van der Waals surface area contributed by atoms with Gasteiger partial charge < -0.3 is 5.32 Å². The van der Waals surface area contributed by atoms with Crippen LogP contribution >= 0.6 is 11.6 Å². The number of nitro groups is 1. The molecule has 2 rings (SSSR count). The van der Waals surface area contributed by atoms with E-state index in [4.69, 9.17) is 11.6 Å². The van der Waals surface area contributed by atoms with Gasteiger partial charge in [0.1, 0.15) is 5.82 Å². The molecule has 2 aromatic carbocycles. The van der Waals surface area contributed by atoms with Crippen molar-refractivity contribution in [2.45, 2.75) is 13.1 Å². The quantitative estimate of drug-likeness (QED) is 0.676. The maximum atomic E-state index is 13.2. The van der Waals surface area contributed by atoms with Gasteiger partial charge in [0.15, 0.2) is 0 Å². The second-order valence-electron chi connectivity index (χ2n) is 4.27. The first kappa shape index (κ1) is 14.4. The molecule has 1 N–H and O–H groups in total. The fourth-order valence-corrected chi connectivity index (χ4v) is 2.03. The molecule has 6 heteroatoms. The van der Waals surface area contributed by atoms with Crippen molar-refractivity contribution in [2.24, 2.45) is 0 Å². The molecular formula is C14H12ClFN2O2. The summed E-state index contributed by atoms with van der Waals surface area (Å²) in [5.41, 5.74) is 1.18. The summed E-state index contributed by atoms with van der Waals surface area (Å²) in [6.45, 7) is 0.827. The van der Waals surface area contributed by atoms with Gasteiger partial charge >= 0.3 is 0 Å². The van der Waals surface area contributed by atoms with Crippen LogP contribution in [0, 0.1) is 15.9 Å². The van der Waals surface area contributed by atoms with Crippen molar-refractivity contribution in [3.05, 3.63) is 74.5 Å². The third-order valence-corrected chi connectivity index (χ3v) is 3.12. The number of nitrogens with one attached hydrogen (secondary N) is 1. The number of rotatable bonds is 5. The first-order valence-corrected chi connectivity index (χ1v) is 6.32. The fraction of sp³-hybridized carbons (Fsp3) is 0.143. The van der Waals surface area contributed by atoms with E-state index in [0.717, 1.165) is 11.6 Å². The van der Waals surface area contributed by atoms with Crippen molar-refractivity contribution in [3.63, 3.8) is 0 Å². The average molecular weight is 295 g/mol. The summed E-state index contributed by atoms with van der Waals surface area (Å²) < 4.78 is 13.2. The lowest BCUT2D eigenvalue weighted by Crippen LogP contribution is -2.13. The number of non-ortho nitro benzene ring substituents is 1. The number of hydrogen-bond donors (Lipinski definition) is 1. The van der Waals surface area contributed by atoms with Gasteiger partial charge in [0.25, 0.3) is 5.69 Å². The fourth-order valence-electron chi connectivity index (χ4n) is 1.82. The van der Waals surface area contributed by atoms with Crippen LogP contribution in [0.25, 0.3) is 0 Å². The van der Waals surface area contributed by atoms with Gasteiger partial charge in [0.2, 0.25) is 0 Å². The van der Waals surface area contributed by atoms with Crippen molar-refractivity contribution in [3.8, 4) is 0 Å². The summed E-state index contributed by atoms with van der Waals surface area (Å²) in [4.78, 5) is 10.0. The molecule has 0 fully saturated rings. The van der Waals surface area contributed by atoms with Crippen LogP contribution in [0.1, 0.15) is 11.1 Å². The standard InChI is InChI=1S/C14H12ClFN2O2/c15-14-4-2-1-3-11(14)9-17-8-10-5-12(16)7-13(6-10)18(19)20/h1-7,17H,8-9H2. The minimum atomic E-state index is -0.617. The zero-order valence-electron chi connectivity index (χ0n) is 10.5. The maximum Gasteiger partial charge on any atom is 0.272 e. The lowest BCUT2D eigenvalue weighted by atomic mass is 10.2. The third-order valence-electron chi connectivity index (χ3n) is 2.76. The minimum Gasteiger partial charge on any atom is -0.309 e. The highest BCUT2D eigenvalue weighted by atomic mass is 35.5. The van der Waals surface area contributed by atoms with Gasteiger partial charge in [-0.3, -0.25) is 10.1 Å². The molecule has 0 amide bonds. The third kappa shape index (κ3) is 3.76. The SMILES string of the molecule is O=[N+]([O-])c1cc(F)cc(CNCc2ccccc2Cl)c1. The van der Waals surface area contributed by atoms with E-state index < -0.39 is 10.7 Å². The normalized spacial score (nSPS) is 10.5. The zero-order chi connectivity index (χ0) is 14.5. The Morgan fingerprint density at radius 3 is 2.65 bits per heavy atom. The lowest BCUT2D eigenvalue weighted by molar-refractivity contribution is -0.385. The number of nitro benzene ring substituents is 1. The minimum absolute atomic E-state index is 0.250. The van der Waals surface area contributed by atoms with Crippen molar-refractivity contribution in [1.82, 2.24) is 5.32 Å². The molecule has 4 nitrogen and oxygen atoms in total. The number of halogens is 2. The second kappa shape index (κ2) is 6.45. The number of hydrogen-bond acceptors (Lipinski definition) is 3. The predicted molar refractivity (Wildman–Crippen MR) is 75.1 cm³/mol. The van der Waals surface area contributed by atoms with Crippen LogP contribution in [0.5, 0.6) is 0 Å². The summed E-state index contributed by atoms with van der Waals surface area (Å²) in [5, 5.41) is 14.4. The van der Waals surface area contributed by atoms with Gasteiger partial charge in [-0.2, -0.15) is 0 Å². The van der Waals surface area contributed by atoms with Crippen molar-refractivity contribution >= 4 is 17.3 Å². The molecule has 0 aliphatic rings. The largest absolute Gasteiger partial charge is 0.309 e. The van der Waals surface area contributed by atoms with Crippen molar-refractivity contribution in [1.29, 1.82) is 0 Å². The van der Waals surface area contributed by atoms with Gasteiger partial charge in [-0.15, -0.1) is 0 Å². The van der Waals surface area contributed by atoms with E-state index in [2.05, 4.69) is 5.32 Å². The molecule has 0 saturated carbocycles. The van der Waals surface area contributed by atoms with E-state index in [1.165, 1.54) is 12.1 Å². The van der Waals surface area contributed by atoms with E-state index in [-0.39, 0.29) is 5.69 Å². The van der Waals surface area contributed by atoms with E-state index >= 15 is 0 Å². The van der Waals surface area contributed by atoms with Crippen LogP contribution in [-0.2, 0) is 13.1 Å². The van der Waals surface area contributed by atoms with E-state index in [1.54, 1.807) is 6.07 Å². The van der Waals surface area contributed by atoms with Crippen LogP contribution in [-0.4, -0.2) is 4.92 Å². The summed E-state index contributed by atoms with van der Waals surface area (Å²) in [7, 11) is 0. The summed E-state index contributed by atoms with van der Waals surface area (Å²) in [5.74, 6) is -0.617. The Morgan fingerprint density at radius 1 is 1.20 bits per heavy atom. The zero-order valence-corrected chi connectivity index (χ0v) is 11.2. The van der Waals surface area contributed by atoms with Gasteiger partial charge in [0, 0.05) is 24.2 Å². The van der Waals surface area contributed by atoms with Crippen LogP contribution in [0.3, 0.4) is 0 Å². The predicted octanol–water partition coefficient (Wildman–Crippen LogP) is 3.68. The van der Waals surface area contributed by atoms with E-state index in [1.807, 2.05) is 18.2 Å². The molecule has 0 bridgehead atoms. The molecule has 0 spiro atoms. The second-order valence-corrected chi connectivity index (χ2v) is 4.68. The Labute approximate surface area is 120 Å². The van der Waals surface area contributed by atoms with Crippen LogP contribution in [0.15, 0.2) is 42.5 Å². The van der Waals surface area contributed by atoms with E-state index in [9.17, 15) is 14.5 Å². The van der Waals surface area contributed by atoms with Crippen LogP contribution in [0.2, 0.25) is 5.02 Å². The molecule has 0 heterocycles. The lowest BCUT2D eigenvalue weighted by Gasteiger charge is -2.07. The highest BCUT2D eigenvalue weighted by Gasteiger charge is 2.09. The molecule has 0 aliphatic carbocycles. The highest BCUT2D eigenvalue weighted by molar-refractivity contribution is 6.31. The highest BCUT2D eigenvalue weighted by Crippen LogP contribution is 2.17. The topological polar surface area (TPSA) is 55.2 Å². The van der Waals surface area contributed by atoms with Gasteiger partial charge in [-0.05, 0) is 23.3 Å². The average Bonchev–Trinajstić information content (AvgIpc) is 2.40. The van der Waals surface area contributed by atoms with Crippen molar-refractivity contribution < 1.29 is 9.31 Å². The Morgan fingerprint density at radius 2 is 1.95 bits per heavy atom. The Bertz CT molecular complexity index is 634. The summed E-state index contributed by atoms with van der Waals surface area (Å²) >= 11 is 6.01. The first-order valence-electron chi connectivity index (χ1n) is 5.94. The van der Waals surface area contributed by atoms with Gasteiger partial charge in [-0.25, -0.2) is 4.39 Å². The molecular weight excluding hydrogens is 283 g/mol. The molecule has 0 unspecified atom stereocenters. The van der Waals surface area contributed by atoms with Crippen LogP contribution < -0.4 is 5.32 Å². The molecule has 0 radical (unpaired) electrons. The molecule has 20 heavy (non-hydrogen) atoms. The molecule has 0 saturated heterocycles. The van der Waals surface area contributed by atoms with Crippen LogP contribution in [0.4, 0.5) is 10.1 Å². The van der Waals surface area contributed by atoms with Crippen molar-refractivity contribution in [2.75, 3.05) is 0 Å². The number of nitrogens with zero attached hydrogens (tertiary/aromatic N) is 1. The first-order chi connectivity index (χ1) is 9.56. The van der Waals surface area contributed by atoms with Gasteiger partial charge in [-0.1, -0.05) is 29.8 Å². The Balaban J connectivity index is 2.01. The maximum absolute atomic E-state index is 13.2. The molecule has 0 atom stereocenters. The summed E-state index contributed by atoms with van der Waals surface area (Å²) in [6, 6.07) is 10.9. The molecule has 0 aliphatic heterocycles. The number of benzene rings is 2. The summed E-state index contributed by atoms with van der Waals surface area (Å²) in [6.07, 6.45) is 0. The van der Waals surface area contributed by atoms with E-state index in [0.29, 0.717) is 23.7 Å².